The summed E-state index contributed by atoms with van der Waals surface area (Å²) in [5, 5.41) is 4.41. The van der Waals surface area contributed by atoms with Gasteiger partial charge in [-0.05, 0) is 35.2 Å². The third-order valence-electron chi connectivity index (χ3n) is 1.34. The summed E-state index contributed by atoms with van der Waals surface area (Å²) < 4.78 is 0. The van der Waals surface area contributed by atoms with Crippen LogP contribution in [0.5, 0.6) is 0 Å². The average molecular weight is 200 g/mol. The number of rotatable bonds is 1. The standard InChI is InChI=1S/C7H10S.C3H8.C2H6/c1-3-7-5-8-4-6(7)2;1-3-2;1-2/h4-5H,3H2,1-2H3;3H2,1-2H3;1-2H3. The van der Waals surface area contributed by atoms with Gasteiger partial charge in [0.15, 0.2) is 0 Å². The molecule has 0 amide bonds. The molecule has 0 aliphatic rings. The van der Waals surface area contributed by atoms with E-state index in [-0.39, 0.29) is 0 Å². The molecule has 0 N–H and O–H groups in total. The number of aryl methyl sites for hydroxylation is 2. The van der Waals surface area contributed by atoms with E-state index in [0.717, 1.165) is 0 Å². The van der Waals surface area contributed by atoms with Gasteiger partial charge in [-0.25, -0.2) is 0 Å². The van der Waals surface area contributed by atoms with E-state index in [4.69, 9.17) is 0 Å². The molecular weight excluding hydrogens is 176 g/mol. The van der Waals surface area contributed by atoms with E-state index < -0.39 is 0 Å². The zero-order valence-electron chi connectivity index (χ0n) is 9.98. The predicted octanol–water partition coefficient (Wildman–Crippen LogP) is 5.06. The molecule has 0 spiro atoms. The van der Waals surface area contributed by atoms with Crippen LogP contribution in [0.4, 0.5) is 0 Å². The highest BCUT2D eigenvalue weighted by molar-refractivity contribution is 7.08. The first kappa shape index (κ1) is 15.2. The van der Waals surface area contributed by atoms with Gasteiger partial charge in [0.2, 0.25) is 0 Å². The van der Waals surface area contributed by atoms with Crippen molar-refractivity contribution in [2.45, 2.75) is 54.4 Å². The third-order valence-corrected chi connectivity index (χ3v) is 2.25. The van der Waals surface area contributed by atoms with Crippen LogP contribution in [0.3, 0.4) is 0 Å². The lowest BCUT2D eigenvalue weighted by atomic mass is 10.2. The van der Waals surface area contributed by atoms with Gasteiger partial charge in [0, 0.05) is 0 Å². The summed E-state index contributed by atoms with van der Waals surface area (Å²) in [5.41, 5.74) is 2.94. The molecule has 0 aliphatic carbocycles. The first-order valence-corrected chi connectivity index (χ1v) is 6.22. The summed E-state index contributed by atoms with van der Waals surface area (Å²) in [6, 6.07) is 0. The van der Waals surface area contributed by atoms with Gasteiger partial charge in [-0.3, -0.25) is 0 Å². The fourth-order valence-corrected chi connectivity index (χ4v) is 1.69. The van der Waals surface area contributed by atoms with Gasteiger partial charge in [-0.15, -0.1) is 0 Å². The molecule has 0 radical (unpaired) electrons. The quantitative estimate of drug-likeness (QED) is 0.594. The predicted molar refractivity (Wildman–Crippen MR) is 65.7 cm³/mol. The molecule has 0 saturated carbocycles. The van der Waals surface area contributed by atoms with E-state index in [0.29, 0.717) is 0 Å². The maximum Gasteiger partial charge on any atom is -0.00586 e. The van der Waals surface area contributed by atoms with Gasteiger partial charge in [0.05, 0.1) is 0 Å². The van der Waals surface area contributed by atoms with Crippen LogP contribution in [0.15, 0.2) is 10.8 Å². The highest BCUT2D eigenvalue weighted by atomic mass is 32.1. The molecule has 1 heteroatoms. The molecule has 13 heavy (non-hydrogen) atoms. The van der Waals surface area contributed by atoms with E-state index in [1.54, 1.807) is 11.3 Å². The van der Waals surface area contributed by atoms with Crippen molar-refractivity contribution in [3.63, 3.8) is 0 Å². The fourth-order valence-electron chi connectivity index (χ4n) is 0.749. The van der Waals surface area contributed by atoms with Gasteiger partial charge < -0.3 is 0 Å². The highest BCUT2D eigenvalue weighted by Crippen LogP contribution is 2.13. The molecule has 78 valence electrons. The van der Waals surface area contributed by atoms with E-state index in [2.05, 4.69) is 38.5 Å². The Bertz CT molecular complexity index is 177. The van der Waals surface area contributed by atoms with Crippen LogP contribution >= 0.6 is 11.3 Å². The molecule has 0 atom stereocenters. The first-order chi connectivity index (χ1) is 6.26. The Morgan fingerprint density at radius 1 is 1.08 bits per heavy atom. The SMILES string of the molecule is CC.CCC.CCc1cscc1C. The first-order valence-electron chi connectivity index (χ1n) is 5.27. The van der Waals surface area contributed by atoms with Crippen molar-refractivity contribution in [1.29, 1.82) is 0 Å². The number of thiophene rings is 1. The van der Waals surface area contributed by atoms with Gasteiger partial charge in [-0.1, -0.05) is 41.0 Å². The Hall–Kier alpha value is -0.300. The van der Waals surface area contributed by atoms with Crippen LogP contribution in [0.1, 0.15) is 52.2 Å². The Morgan fingerprint density at radius 3 is 1.69 bits per heavy atom. The monoisotopic (exact) mass is 200 g/mol. The van der Waals surface area contributed by atoms with Crippen LogP contribution < -0.4 is 0 Å². The second kappa shape index (κ2) is 11.7. The smallest absolute Gasteiger partial charge is 0.00586 e. The molecule has 1 aromatic heterocycles. The average Bonchev–Trinajstić information content (AvgIpc) is 2.56. The van der Waals surface area contributed by atoms with Gasteiger partial charge in [0.1, 0.15) is 0 Å². The molecule has 1 heterocycles. The molecule has 0 aromatic carbocycles. The second-order valence-electron chi connectivity index (χ2n) is 2.64. The van der Waals surface area contributed by atoms with Crippen molar-refractivity contribution in [2.24, 2.45) is 0 Å². The van der Waals surface area contributed by atoms with Crippen molar-refractivity contribution < 1.29 is 0 Å². The fraction of sp³-hybridized carbons (Fsp3) is 0.667. The molecule has 0 fully saturated rings. The summed E-state index contributed by atoms with van der Waals surface area (Å²) in [6.45, 7) is 12.6. The largest absolute Gasteiger partial charge is 0.152 e. The molecule has 0 nitrogen and oxygen atoms in total. The Balaban J connectivity index is 0. The summed E-state index contributed by atoms with van der Waals surface area (Å²) >= 11 is 1.79. The van der Waals surface area contributed by atoms with Crippen LogP contribution in [-0.4, -0.2) is 0 Å². The topological polar surface area (TPSA) is 0 Å². The minimum atomic E-state index is 1.18. The summed E-state index contributed by atoms with van der Waals surface area (Å²) in [5.74, 6) is 0. The molecule has 0 aliphatic heterocycles. The molecule has 1 rings (SSSR count). The van der Waals surface area contributed by atoms with Crippen molar-refractivity contribution in [2.75, 3.05) is 0 Å². The van der Waals surface area contributed by atoms with Gasteiger partial charge in [0.25, 0.3) is 0 Å². The summed E-state index contributed by atoms with van der Waals surface area (Å²) in [6.07, 6.45) is 2.43. The minimum Gasteiger partial charge on any atom is -0.152 e. The minimum absolute atomic E-state index is 1.18. The molecule has 0 bridgehead atoms. The van der Waals surface area contributed by atoms with Crippen molar-refractivity contribution in [3.8, 4) is 0 Å². The highest BCUT2D eigenvalue weighted by Gasteiger charge is 1.92. The van der Waals surface area contributed by atoms with Crippen LogP contribution in [0.25, 0.3) is 0 Å². The van der Waals surface area contributed by atoms with E-state index in [1.165, 1.54) is 24.0 Å². The van der Waals surface area contributed by atoms with Crippen molar-refractivity contribution in [3.05, 3.63) is 21.9 Å². The van der Waals surface area contributed by atoms with Crippen LogP contribution in [0, 0.1) is 6.92 Å². The van der Waals surface area contributed by atoms with Crippen molar-refractivity contribution in [1.82, 2.24) is 0 Å². The lowest BCUT2D eigenvalue weighted by molar-refractivity contribution is 1.09. The van der Waals surface area contributed by atoms with E-state index in [9.17, 15) is 0 Å². The van der Waals surface area contributed by atoms with Gasteiger partial charge >= 0.3 is 0 Å². The molecule has 1 aromatic rings. The zero-order chi connectivity index (χ0) is 10.7. The normalized spacial score (nSPS) is 7.85. The lowest BCUT2D eigenvalue weighted by Gasteiger charge is -1.88. The van der Waals surface area contributed by atoms with Crippen LogP contribution in [-0.2, 0) is 6.42 Å². The Labute approximate surface area is 88.0 Å². The van der Waals surface area contributed by atoms with Gasteiger partial charge in [-0.2, -0.15) is 11.3 Å². The third kappa shape index (κ3) is 8.04. The Morgan fingerprint density at radius 2 is 1.54 bits per heavy atom. The maximum atomic E-state index is 2.22. The molecular formula is C12H24S. The van der Waals surface area contributed by atoms with Crippen molar-refractivity contribution >= 4 is 11.3 Å². The second-order valence-corrected chi connectivity index (χ2v) is 3.38. The molecule has 0 unspecified atom stereocenters. The maximum absolute atomic E-state index is 2.22. The number of hydrogen-bond acceptors (Lipinski definition) is 1. The van der Waals surface area contributed by atoms with Crippen LogP contribution in [0.2, 0.25) is 0 Å². The lowest BCUT2D eigenvalue weighted by Crippen LogP contribution is -1.75. The Kier molecular flexibility index (Phi) is 13.7. The molecule has 0 saturated heterocycles. The zero-order valence-corrected chi connectivity index (χ0v) is 10.8. The van der Waals surface area contributed by atoms with E-state index in [1.807, 2.05) is 13.8 Å². The number of hydrogen-bond donors (Lipinski definition) is 0. The summed E-state index contributed by atoms with van der Waals surface area (Å²) in [7, 11) is 0. The summed E-state index contributed by atoms with van der Waals surface area (Å²) in [4.78, 5) is 0. The van der Waals surface area contributed by atoms with E-state index >= 15 is 0 Å².